The van der Waals surface area contributed by atoms with Crippen LogP contribution in [0.4, 0.5) is 18.9 Å². The van der Waals surface area contributed by atoms with Crippen LogP contribution in [0.25, 0.3) is 16.6 Å². The molecule has 2 N–H and O–H groups in total. The van der Waals surface area contributed by atoms with Crippen molar-refractivity contribution in [3.8, 4) is 5.69 Å². The monoisotopic (exact) mass is 406 g/mol. The van der Waals surface area contributed by atoms with Crippen LogP contribution in [-0.4, -0.2) is 24.8 Å². The molecule has 9 heteroatoms. The van der Waals surface area contributed by atoms with Gasteiger partial charge in [-0.3, -0.25) is 9.36 Å². The quantitative estimate of drug-likeness (QED) is 0.671. The molecule has 0 radical (unpaired) electrons. The van der Waals surface area contributed by atoms with Crippen molar-refractivity contribution in [1.82, 2.24) is 4.57 Å². The summed E-state index contributed by atoms with van der Waals surface area (Å²) in [5.74, 6) is -0.973. The molecular formula is C20H17F3N2O4. The van der Waals surface area contributed by atoms with Crippen LogP contribution in [0.2, 0.25) is 0 Å². The Morgan fingerprint density at radius 2 is 1.76 bits per heavy atom. The van der Waals surface area contributed by atoms with Crippen LogP contribution in [-0.2, 0) is 22.3 Å². The van der Waals surface area contributed by atoms with Crippen molar-refractivity contribution in [2.45, 2.75) is 12.8 Å². The topological polar surface area (TPSA) is 83.5 Å². The zero-order valence-electron chi connectivity index (χ0n) is 15.5. The number of pyridine rings is 1. The molecule has 29 heavy (non-hydrogen) atoms. The first-order valence-corrected chi connectivity index (χ1v) is 8.41. The molecule has 6 nitrogen and oxygen atoms in total. The molecule has 1 heterocycles. The third kappa shape index (κ3) is 3.68. The molecule has 3 aromatic rings. The van der Waals surface area contributed by atoms with E-state index in [1.807, 2.05) is 0 Å². The highest BCUT2D eigenvalue weighted by Crippen LogP contribution is 2.34. The Morgan fingerprint density at radius 3 is 2.31 bits per heavy atom. The molecule has 1 aromatic heterocycles. The fourth-order valence-electron chi connectivity index (χ4n) is 3.06. The average Bonchev–Trinajstić information content (AvgIpc) is 2.68. The molecular weight excluding hydrogens is 389 g/mol. The van der Waals surface area contributed by atoms with Crippen molar-refractivity contribution in [2.75, 3.05) is 20.0 Å². The smallest absolute Gasteiger partial charge is 0.416 e. The van der Waals surface area contributed by atoms with Gasteiger partial charge in [0.05, 0.1) is 30.5 Å². The Hall–Kier alpha value is -3.33. The van der Waals surface area contributed by atoms with Crippen LogP contribution in [0.1, 0.15) is 21.5 Å². The first kappa shape index (κ1) is 20.4. The Morgan fingerprint density at radius 1 is 1.10 bits per heavy atom. The number of carbonyl (C=O) groups is 1. The molecule has 0 atom stereocenters. The lowest BCUT2D eigenvalue weighted by Crippen LogP contribution is -2.28. The van der Waals surface area contributed by atoms with Gasteiger partial charge in [-0.05, 0) is 29.8 Å². The Balaban J connectivity index is 2.40. The van der Waals surface area contributed by atoms with Gasteiger partial charge in [-0.2, -0.15) is 13.2 Å². The lowest BCUT2D eigenvalue weighted by atomic mass is 10.0. The summed E-state index contributed by atoms with van der Waals surface area (Å²) in [6.07, 6.45) is -4.62. The van der Waals surface area contributed by atoms with E-state index in [1.165, 1.54) is 7.11 Å². The van der Waals surface area contributed by atoms with Crippen LogP contribution in [0.3, 0.4) is 0 Å². The predicted octanol–water partition coefficient (Wildman–Crippen LogP) is 3.52. The largest absolute Gasteiger partial charge is 0.465 e. The maximum Gasteiger partial charge on any atom is 0.416 e. The molecule has 0 bridgehead atoms. The summed E-state index contributed by atoms with van der Waals surface area (Å²) in [6, 6.07) is 9.24. The fraction of sp³-hybridized carbons (Fsp3) is 0.200. The van der Waals surface area contributed by atoms with Crippen LogP contribution in [0.5, 0.6) is 0 Å². The lowest BCUT2D eigenvalue weighted by molar-refractivity contribution is -0.137. The molecule has 0 aliphatic carbocycles. The number of halogens is 3. The van der Waals surface area contributed by atoms with E-state index in [4.69, 9.17) is 10.5 Å². The zero-order valence-corrected chi connectivity index (χ0v) is 15.5. The fourth-order valence-corrected chi connectivity index (χ4v) is 3.06. The van der Waals surface area contributed by atoms with Gasteiger partial charge in [0.2, 0.25) is 0 Å². The van der Waals surface area contributed by atoms with E-state index < -0.39 is 28.8 Å². The van der Waals surface area contributed by atoms with E-state index in [-0.39, 0.29) is 22.3 Å². The minimum absolute atomic E-state index is 0.0746. The Bertz CT molecular complexity index is 1140. The number of alkyl halides is 3. The van der Waals surface area contributed by atoms with Crippen LogP contribution < -0.4 is 11.3 Å². The van der Waals surface area contributed by atoms with Gasteiger partial charge in [-0.15, -0.1) is 0 Å². The summed E-state index contributed by atoms with van der Waals surface area (Å²) in [7, 11) is 2.61. The third-order valence-electron chi connectivity index (χ3n) is 4.44. The normalized spacial score (nSPS) is 11.6. The Labute approximate surface area is 163 Å². The van der Waals surface area contributed by atoms with Gasteiger partial charge in [0.25, 0.3) is 5.56 Å². The van der Waals surface area contributed by atoms with Crippen LogP contribution >= 0.6 is 0 Å². The summed E-state index contributed by atoms with van der Waals surface area (Å²) in [4.78, 5) is 25.2. The maximum absolute atomic E-state index is 13.2. The lowest BCUT2D eigenvalue weighted by Gasteiger charge is -2.17. The Kier molecular flexibility index (Phi) is 5.34. The number of benzene rings is 2. The van der Waals surface area contributed by atoms with Crippen molar-refractivity contribution in [3.63, 3.8) is 0 Å². The van der Waals surface area contributed by atoms with Crippen molar-refractivity contribution in [2.24, 2.45) is 0 Å². The van der Waals surface area contributed by atoms with E-state index in [2.05, 4.69) is 4.74 Å². The van der Waals surface area contributed by atoms with Gasteiger partial charge in [-0.25, -0.2) is 4.79 Å². The van der Waals surface area contributed by atoms with Gasteiger partial charge >= 0.3 is 12.1 Å². The number of nitrogens with zero attached hydrogens (tertiary/aromatic N) is 1. The standard InChI is InChI=1S/C20H17F3N2O4/c1-28-10-11-3-6-13(7-4-11)25-15-9-12(20(21,22)23)5-8-14(15)17(24)16(18(25)26)19(27)29-2/h3-9H,10,24H2,1-2H3. The molecule has 0 spiro atoms. The van der Waals surface area contributed by atoms with E-state index in [1.54, 1.807) is 24.3 Å². The predicted molar refractivity (Wildman–Crippen MR) is 101 cm³/mol. The average molecular weight is 406 g/mol. The van der Waals surface area contributed by atoms with E-state index in [9.17, 15) is 22.8 Å². The minimum Gasteiger partial charge on any atom is -0.465 e. The number of rotatable bonds is 4. The van der Waals surface area contributed by atoms with Gasteiger partial charge in [0, 0.05) is 18.2 Å². The van der Waals surface area contributed by atoms with Gasteiger partial charge in [-0.1, -0.05) is 18.2 Å². The van der Waals surface area contributed by atoms with Crippen LogP contribution in [0.15, 0.2) is 47.3 Å². The third-order valence-corrected chi connectivity index (χ3v) is 4.44. The summed E-state index contributed by atoms with van der Waals surface area (Å²) in [5, 5.41) is 0.124. The number of fused-ring (bicyclic) bond motifs is 1. The number of nitrogen functional groups attached to an aromatic ring is 1. The van der Waals surface area contributed by atoms with Crippen molar-refractivity contribution in [1.29, 1.82) is 0 Å². The second-order valence-electron chi connectivity index (χ2n) is 6.25. The number of ether oxygens (including phenoxy) is 2. The minimum atomic E-state index is -4.62. The summed E-state index contributed by atoms with van der Waals surface area (Å²) >= 11 is 0. The molecule has 0 fully saturated rings. The number of esters is 1. The van der Waals surface area contributed by atoms with E-state index in [0.717, 1.165) is 35.4 Å². The van der Waals surface area contributed by atoms with Crippen LogP contribution in [0, 0.1) is 0 Å². The highest BCUT2D eigenvalue weighted by Gasteiger charge is 2.32. The maximum atomic E-state index is 13.2. The van der Waals surface area contributed by atoms with Gasteiger partial charge in [0.15, 0.2) is 0 Å². The number of nitrogens with two attached hydrogens (primary N) is 1. The van der Waals surface area contributed by atoms with Crippen molar-refractivity contribution >= 4 is 22.6 Å². The summed E-state index contributed by atoms with van der Waals surface area (Å²) < 4.78 is 50.4. The van der Waals surface area contributed by atoms with Gasteiger partial charge in [0.1, 0.15) is 5.56 Å². The molecule has 152 valence electrons. The molecule has 0 unspecified atom stereocenters. The zero-order chi connectivity index (χ0) is 21.3. The van der Waals surface area contributed by atoms with Crippen molar-refractivity contribution in [3.05, 3.63) is 69.5 Å². The number of hydrogen-bond acceptors (Lipinski definition) is 5. The molecule has 0 saturated carbocycles. The number of methoxy groups -OCH3 is 2. The highest BCUT2D eigenvalue weighted by atomic mass is 19.4. The SMILES string of the molecule is COCc1ccc(-n2c(=O)c(C(=O)OC)c(N)c3ccc(C(F)(F)F)cc32)cc1. The molecule has 0 aliphatic heterocycles. The van der Waals surface area contributed by atoms with Crippen molar-refractivity contribution < 1.29 is 27.4 Å². The van der Waals surface area contributed by atoms with Gasteiger partial charge < -0.3 is 15.2 Å². The van der Waals surface area contributed by atoms with E-state index >= 15 is 0 Å². The number of anilines is 1. The molecule has 2 aromatic carbocycles. The first-order valence-electron chi connectivity index (χ1n) is 8.41. The summed E-state index contributed by atoms with van der Waals surface area (Å²) in [6.45, 7) is 0.323. The second kappa shape index (κ2) is 7.59. The molecule has 0 aliphatic rings. The highest BCUT2D eigenvalue weighted by molar-refractivity contribution is 6.04. The second-order valence-corrected chi connectivity index (χ2v) is 6.25. The summed E-state index contributed by atoms with van der Waals surface area (Å²) in [5.41, 5.74) is 4.45. The molecule has 0 saturated heterocycles. The molecule has 0 amide bonds. The first-order chi connectivity index (χ1) is 13.7. The number of carbonyl (C=O) groups excluding carboxylic acids is 1. The molecule has 3 rings (SSSR count). The number of aromatic nitrogens is 1. The van der Waals surface area contributed by atoms with E-state index in [0.29, 0.717) is 6.61 Å². The number of hydrogen-bond donors (Lipinski definition) is 1.